The van der Waals surface area contributed by atoms with Crippen molar-refractivity contribution in [3.05, 3.63) is 11.4 Å². The fraction of sp³-hybridized carbons (Fsp3) is 0.455. The summed E-state index contributed by atoms with van der Waals surface area (Å²) in [5, 5.41) is 2.02. The minimum absolute atomic E-state index is 0.342. The number of fused-ring (bicyclic) bond motifs is 1. The van der Waals surface area contributed by atoms with Crippen LogP contribution >= 0.6 is 23.1 Å². The van der Waals surface area contributed by atoms with Crippen LogP contribution in [0.2, 0.25) is 0 Å². The third kappa shape index (κ3) is 2.47. The van der Waals surface area contributed by atoms with Crippen molar-refractivity contribution in [3.63, 3.8) is 0 Å². The summed E-state index contributed by atoms with van der Waals surface area (Å²) in [6.45, 7) is 2.19. The standard InChI is InChI=1S/C11H16N4S2/c1-7(6-16-3)15(2)10-9-8(4-5-17-9)13-11(12)14-10/h4-5,7H,6H2,1-3H3,(H2,12,13,14). The minimum atomic E-state index is 0.342. The van der Waals surface area contributed by atoms with Crippen LogP contribution in [0.15, 0.2) is 11.4 Å². The average molecular weight is 268 g/mol. The molecule has 0 spiro atoms. The van der Waals surface area contributed by atoms with Gasteiger partial charge < -0.3 is 10.6 Å². The average Bonchev–Trinajstić information content (AvgIpc) is 2.75. The summed E-state index contributed by atoms with van der Waals surface area (Å²) < 4.78 is 1.11. The van der Waals surface area contributed by atoms with E-state index >= 15 is 0 Å². The molecule has 0 saturated carbocycles. The van der Waals surface area contributed by atoms with E-state index in [-0.39, 0.29) is 0 Å². The summed E-state index contributed by atoms with van der Waals surface area (Å²) in [4.78, 5) is 10.8. The zero-order chi connectivity index (χ0) is 12.4. The van der Waals surface area contributed by atoms with E-state index in [1.54, 1.807) is 11.3 Å². The van der Waals surface area contributed by atoms with E-state index in [0.29, 0.717) is 12.0 Å². The fourth-order valence-corrected chi connectivity index (χ4v) is 3.23. The Bertz CT molecular complexity index is 511. The van der Waals surface area contributed by atoms with Gasteiger partial charge in [-0.05, 0) is 24.6 Å². The molecule has 1 atom stereocenters. The van der Waals surface area contributed by atoms with Crippen LogP contribution in [0.5, 0.6) is 0 Å². The second-order valence-electron chi connectivity index (χ2n) is 3.96. The van der Waals surface area contributed by atoms with Gasteiger partial charge in [0.2, 0.25) is 5.95 Å². The highest BCUT2D eigenvalue weighted by atomic mass is 32.2. The molecule has 2 aromatic rings. The van der Waals surface area contributed by atoms with Gasteiger partial charge in [-0.25, -0.2) is 4.98 Å². The Morgan fingerprint density at radius 2 is 2.29 bits per heavy atom. The summed E-state index contributed by atoms with van der Waals surface area (Å²) in [6.07, 6.45) is 2.11. The molecule has 0 saturated heterocycles. The van der Waals surface area contributed by atoms with Gasteiger partial charge in [-0.15, -0.1) is 11.3 Å². The van der Waals surface area contributed by atoms with E-state index in [0.717, 1.165) is 21.8 Å². The monoisotopic (exact) mass is 268 g/mol. The first-order valence-electron chi connectivity index (χ1n) is 5.36. The van der Waals surface area contributed by atoms with E-state index in [1.807, 2.05) is 23.2 Å². The summed E-state index contributed by atoms with van der Waals surface area (Å²) in [5.41, 5.74) is 6.68. The van der Waals surface area contributed by atoms with Crippen LogP contribution in [-0.2, 0) is 0 Å². The summed E-state index contributed by atoms with van der Waals surface area (Å²) in [7, 11) is 2.06. The summed E-state index contributed by atoms with van der Waals surface area (Å²) in [6, 6.07) is 2.40. The molecule has 0 bridgehead atoms. The first-order valence-corrected chi connectivity index (χ1v) is 7.63. The van der Waals surface area contributed by atoms with Crippen LogP contribution < -0.4 is 10.6 Å². The highest BCUT2D eigenvalue weighted by Crippen LogP contribution is 2.29. The maximum absolute atomic E-state index is 5.75. The van der Waals surface area contributed by atoms with Crippen molar-refractivity contribution in [3.8, 4) is 0 Å². The third-order valence-electron chi connectivity index (χ3n) is 2.71. The first kappa shape index (κ1) is 12.4. The molecule has 0 aliphatic heterocycles. The molecule has 0 aliphatic carbocycles. The van der Waals surface area contributed by atoms with Gasteiger partial charge in [0.1, 0.15) is 0 Å². The third-order valence-corrected chi connectivity index (χ3v) is 4.42. The number of aromatic nitrogens is 2. The maximum Gasteiger partial charge on any atom is 0.222 e. The number of hydrogen-bond donors (Lipinski definition) is 1. The Kier molecular flexibility index (Phi) is 3.73. The van der Waals surface area contributed by atoms with Crippen LogP contribution in [0.4, 0.5) is 11.8 Å². The normalized spacial score (nSPS) is 12.9. The SMILES string of the molecule is CSCC(C)N(C)c1nc(N)nc2ccsc12. The van der Waals surface area contributed by atoms with Crippen LogP contribution in [0, 0.1) is 0 Å². The molecule has 17 heavy (non-hydrogen) atoms. The first-order chi connectivity index (χ1) is 8.13. The molecule has 2 aromatic heterocycles. The smallest absolute Gasteiger partial charge is 0.222 e. The fourth-order valence-electron chi connectivity index (χ4n) is 1.67. The quantitative estimate of drug-likeness (QED) is 0.923. The molecule has 1 unspecified atom stereocenters. The lowest BCUT2D eigenvalue weighted by molar-refractivity contribution is 0.757. The lowest BCUT2D eigenvalue weighted by Crippen LogP contribution is -2.31. The number of hydrogen-bond acceptors (Lipinski definition) is 6. The number of thiophene rings is 1. The van der Waals surface area contributed by atoms with E-state index < -0.39 is 0 Å². The van der Waals surface area contributed by atoms with E-state index in [2.05, 4.69) is 35.1 Å². The Morgan fingerprint density at radius 1 is 1.53 bits per heavy atom. The van der Waals surface area contributed by atoms with Crippen molar-refractivity contribution in [2.45, 2.75) is 13.0 Å². The van der Waals surface area contributed by atoms with Gasteiger partial charge in [0.25, 0.3) is 0 Å². The molecule has 0 aromatic carbocycles. The molecule has 2 rings (SSSR count). The largest absolute Gasteiger partial charge is 0.368 e. The molecule has 0 aliphatic rings. The number of nitrogen functional groups attached to an aromatic ring is 1. The molecule has 6 heteroatoms. The Hall–Kier alpha value is -1.01. The Labute approximate surface area is 109 Å². The van der Waals surface area contributed by atoms with Crippen molar-refractivity contribution < 1.29 is 0 Å². The van der Waals surface area contributed by atoms with Crippen LogP contribution in [0.25, 0.3) is 10.2 Å². The zero-order valence-electron chi connectivity index (χ0n) is 10.2. The van der Waals surface area contributed by atoms with Crippen molar-refractivity contribution >= 4 is 45.1 Å². The topological polar surface area (TPSA) is 55.0 Å². The molecule has 2 N–H and O–H groups in total. The van der Waals surface area contributed by atoms with E-state index in [1.165, 1.54) is 0 Å². The van der Waals surface area contributed by atoms with Crippen molar-refractivity contribution in [1.82, 2.24) is 9.97 Å². The number of nitrogens with two attached hydrogens (primary N) is 1. The molecule has 92 valence electrons. The van der Waals surface area contributed by atoms with Crippen LogP contribution in [-0.4, -0.2) is 35.1 Å². The summed E-state index contributed by atoms with van der Waals surface area (Å²) in [5.74, 6) is 2.34. The zero-order valence-corrected chi connectivity index (χ0v) is 11.8. The Balaban J connectivity index is 2.43. The van der Waals surface area contributed by atoms with Crippen molar-refractivity contribution in [2.75, 3.05) is 29.7 Å². The van der Waals surface area contributed by atoms with Gasteiger partial charge in [0, 0.05) is 18.8 Å². The molecular formula is C11H16N4S2. The Morgan fingerprint density at radius 3 is 3.00 bits per heavy atom. The second kappa shape index (κ2) is 5.10. The molecule has 0 fully saturated rings. The van der Waals surface area contributed by atoms with Gasteiger partial charge in [-0.1, -0.05) is 0 Å². The molecular weight excluding hydrogens is 252 g/mol. The number of nitrogens with zero attached hydrogens (tertiary/aromatic N) is 3. The van der Waals surface area contributed by atoms with E-state index in [4.69, 9.17) is 5.73 Å². The predicted octanol–water partition coefficient (Wildman–Crippen LogP) is 2.46. The molecule has 0 amide bonds. The molecule has 0 radical (unpaired) electrons. The highest BCUT2D eigenvalue weighted by molar-refractivity contribution is 7.98. The minimum Gasteiger partial charge on any atom is -0.368 e. The number of anilines is 2. The number of rotatable bonds is 4. The van der Waals surface area contributed by atoms with Crippen molar-refractivity contribution in [1.29, 1.82) is 0 Å². The van der Waals surface area contributed by atoms with Crippen molar-refractivity contribution in [2.24, 2.45) is 0 Å². The van der Waals surface area contributed by atoms with Gasteiger partial charge >= 0.3 is 0 Å². The summed E-state index contributed by atoms with van der Waals surface area (Å²) >= 11 is 3.49. The van der Waals surface area contributed by atoms with Gasteiger partial charge in [-0.3, -0.25) is 0 Å². The van der Waals surface area contributed by atoms with Gasteiger partial charge in [0.15, 0.2) is 5.82 Å². The van der Waals surface area contributed by atoms with Gasteiger partial charge in [-0.2, -0.15) is 16.7 Å². The molecule has 2 heterocycles. The van der Waals surface area contributed by atoms with Gasteiger partial charge in [0.05, 0.1) is 10.2 Å². The van der Waals surface area contributed by atoms with Crippen LogP contribution in [0.3, 0.4) is 0 Å². The van der Waals surface area contributed by atoms with Crippen LogP contribution in [0.1, 0.15) is 6.92 Å². The number of thioether (sulfide) groups is 1. The lowest BCUT2D eigenvalue weighted by Gasteiger charge is -2.25. The second-order valence-corrected chi connectivity index (χ2v) is 5.78. The highest BCUT2D eigenvalue weighted by Gasteiger charge is 2.16. The molecule has 4 nitrogen and oxygen atoms in total. The predicted molar refractivity (Wildman–Crippen MR) is 78.1 cm³/mol. The maximum atomic E-state index is 5.75. The van der Waals surface area contributed by atoms with E-state index in [9.17, 15) is 0 Å². The lowest BCUT2D eigenvalue weighted by atomic mass is 10.3.